The van der Waals surface area contributed by atoms with Crippen molar-refractivity contribution in [2.45, 2.75) is 110 Å². The maximum absolute atomic E-state index is 10.7. The molecule has 0 aromatic heterocycles. The summed E-state index contributed by atoms with van der Waals surface area (Å²) in [6, 6.07) is 1.86. The summed E-state index contributed by atoms with van der Waals surface area (Å²) >= 11 is 0. The lowest BCUT2D eigenvalue weighted by Gasteiger charge is -2.46. The topological polar surface area (TPSA) is 79.2 Å². The molecule has 5 heteroatoms. The van der Waals surface area contributed by atoms with E-state index in [1.807, 2.05) is 26.8 Å². The fraction of sp³-hybridized carbons (Fsp3) is 0.769. The number of phenols is 1. The van der Waals surface area contributed by atoms with E-state index >= 15 is 0 Å². The number of aliphatic hydroxyl groups excluding tert-OH is 2. The van der Waals surface area contributed by atoms with Gasteiger partial charge in [-0.25, -0.2) is 0 Å². The van der Waals surface area contributed by atoms with Crippen LogP contribution in [0.3, 0.4) is 0 Å². The fourth-order valence-corrected chi connectivity index (χ4v) is 4.92. The number of rotatable bonds is 11. The highest BCUT2D eigenvalue weighted by Gasteiger charge is 2.44. The van der Waals surface area contributed by atoms with E-state index in [2.05, 4.69) is 13.8 Å². The van der Waals surface area contributed by atoms with E-state index in [0.29, 0.717) is 31.6 Å². The van der Waals surface area contributed by atoms with E-state index in [0.717, 1.165) is 43.2 Å². The van der Waals surface area contributed by atoms with Crippen LogP contribution in [0.1, 0.15) is 81.5 Å². The van der Waals surface area contributed by atoms with E-state index in [-0.39, 0.29) is 17.6 Å². The number of hydrogen-bond acceptors (Lipinski definition) is 5. The third kappa shape index (κ3) is 6.67. The van der Waals surface area contributed by atoms with Gasteiger partial charge in [-0.3, -0.25) is 0 Å². The Balaban J connectivity index is 1.88. The zero-order chi connectivity index (χ0) is 23.2. The van der Waals surface area contributed by atoms with Crippen LogP contribution in [0, 0.1) is 19.3 Å². The molecule has 1 aliphatic heterocycles. The van der Waals surface area contributed by atoms with Crippen molar-refractivity contribution < 1.29 is 24.8 Å². The summed E-state index contributed by atoms with van der Waals surface area (Å²) in [5.74, 6) is 0.378. The Kier molecular flexibility index (Phi) is 9.81. The molecule has 3 N–H and O–H groups in total. The molecule has 1 fully saturated rings. The van der Waals surface area contributed by atoms with Gasteiger partial charge < -0.3 is 24.8 Å². The minimum atomic E-state index is -0.449. The van der Waals surface area contributed by atoms with Crippen molar-refractivity contribution in [2.24, 2.45) is 5.41 Å². The smallest absolute Gasteiger partial charge is 0.119 e. The molecule has 1 saturated heterocycles. The molecule has 1 heterocycles. The van der Waals surface area contributed by atoms with Crippen molar-refractivity contribution in [2.75, 3.05) is 13.7 Å². The Morgan fingerprint density at radius 2 is 1.94 bits per heavy atom. The molecular formula is C26H44O5. The van der Waals surface area contributed by atoms with E-state index < -0.39 is 12.2 Å². The van der Waals surface area contributed by atoms with Gasteiger partial charge in [-0.15, -0.1) is 0 Å². The highest BCUT2D eigenvalue weighted by molar-refractivity contribution is 5.48. The molecule has 1 aromatic carbocycles. The van der Waals surface area contributed by atoms with E-state index in [4.69, 9.17) is 9.47 Å². The van der Waals surface area contributed by atoms with Crippen molar-refractivity contribution in [1.82, 2.24) is 0 Å². The van der Waals surface area contributed by atoms with Crippen molar-refractivity contribution in [1.29, 1.82) is 0 Å². The summed E-state index contributed by atoms with van der Waals surface area (Å²) in [6.07, 6.45) is 5.32. The molecule has 4 atom stereocenters. The first kappa shape index (κ1) is 26.1. The molecule has 0 saturated carbocycles. The van der Waals surface area contributed by atoms with Crippen molar-refractivity contribution >= 4 is 0 Å². The van der Waals surface area contributed by atoms with E-state index in [9.17, 15) is 15.3 Å². The summed E-state index contributed by atoms with van der Waals surface area (Å²) in [7, 11) is 1.67. The second-order valence-electron chi connectivity index (χ2n) is 9.88. The second kappa shape index (κ2) is 11.6. The third-order valence-electron chi connectivity index (χ3n) is 7.26. The molecule has 0 spiro atoms. The Labute approximate surface area is 188 Å². The van der Waals surface area contributed by atoms with Gasteiger partial charge in [0, 0.05) is 32.0 Å². The van der Waals surface area contributed by atoms with Gasteiger partial charge >= 0.3 is 0 Å². The fourth-order valence-electron chi connectivity index (χ4n) is 4.92. The van der Waals surface area contributed by atoms with E-state index in [1.165, 1.54) is 11.1 Å². The third-order valence-corrected chi connectivity index (χ3v) is 7.26. The average Bonchev–Trinajstić information content (AvgIpc) is 2.71. The normalized spacial score (nSPS) is 24.3. The monoisotopic (exact) mass is 436 g/mol. The number of aromatic hydroxyl groups is 1. The zero-order valence-electron chi connectivity index (χ0n) is 20.4. The van der Waals surface area contributed by atoms with Gasteiger partial charge in [0.1, 0.15) is 5.75 Å². The summed E-state index contributed by atoms with van der Waals surface area (Å²) in [5, 5.41) is 31.5. The average molecular weight is 437 g/mol. The predicted molar refractivity (Wildman–Crippen MR) is 125 cm³/mol. The lowest BCUT2D eigenvalue weighted by Crippen LogP contribution is -2.51. The summed E-state index contributed by atoms with van der Waals surface area (Å²) < 4.78 is 11.4. The molecule has 31 heavy (non-hydrogen) atoms. The van der Waals surface area contributed by atoms with Crippen LogP contribution in [-0.2, 0) is 22.3 Å². The van der Waals surface area contributed by atoms with Gasteiger partial charge in [0.05, 0.1) is 24.4 Å². The van der Waals surface area contributed by atoms with E-state index in [1.54, 1.807) is 7.11 Å². The SMILES string of the molecule is CCc1c(C)cc(O)c(C)c1CCCC[C@@H](O)C[C@H]1O[C@H](CCOC)C[C@@H](O)C1(C)C. The first-order valence-corrected chi connectivity index (χ1v) is 11.9. The molecule has 0 radical (unpaired) electrons. The minimum absolute atomic E-state index is 0.0235. The molecule has 0 bridgehead atoms. The first-order chi connectivity index (χ1) is 14.6. The Morgan fingerprint density at radius 3 is 2.58 bits per heavy atom. The predicted octanol–water partition coefficient (Wildman–Crippen LogP) is 4.62. The number of unbranched alkanes of at least 4 members (excludes halogenated alkanes) is 1. The molecule has 1 aromatic rings. The van der Waals surface area contributed by atoms with Gasteiger partial charge in [-0.05, 0) is 74.3 Å². The van der Waals surface area contributed by atoms with Crippen LogP contribution >= 0.6 is 0 Å². The zero-order valence-corrected chi connectivity index (χ0v) is 20.4. The summed E-state index contributed by atoms with van der Waals surface area (Å²) in [6.45, 7) is 10.9. The second-order valence-corrected chi connectivity index (χ2v) is 9.88. The number of aliphatic hydroxyl groups is 2. The maximum Gasteiger partial charge on any atom is 0.119 e. The van der Waals surface area contributed by atoms with Crippen LogP contribution in [0.2, 0.25) is 0 Å². The highest BCUT2D eigenvalue weighted by Crippen LogP contribution is 2.39. The molecule has 0 aliphatic carbocycles. The molecule has 5 nitrogen and oxygen atoms in total. The molecule has 0 unspecified atom stereocenters. The largest absolute Gasteiger partial charge is 0.508 e. The van der Waals surface area contributed by atoms with Crippen LogP contribution < -0.4 is 0 Å². The van der Waals surface area contributed by atoms with Crippen LogP contribution in [0.5, 0.6) is 5.75 Å². The Bertz CT molecular complexity index is 700. The van der Waals surface area contributed by atoms with Gasteiger partial charge in [0.15, 0.2) is 0 Å². The standard InChI is InChI=1S/C26H44O5/c1-7-21-17(2)14-23(28)18(3)22(21)11-9-8-10-19(27)15-25-26(4,5)24(29)16-20(31-25)12-13-30-6/h14,19-20,24-25,27-29H,7-13,15-16H2,1-6H3/t19-,20-,24-,25-/m1/s1. The van der Waals surface area contributed by atoms with Gasteiger partial charge in [-0.1, -0.05) is 27.2 Å². The summed E-state index contributed by atoms with van der Waals surface area (Å²) in [4.78, 5) is 0. The number of aryl methyl sites for hydroxylation is 1. The molecular weight excluding hydrogens is 392 g/mol. The lowest BCUT2D eigenvalue weighted by molar-refractivity contribution is -0.186. The van der Waals surface area contributed by atoms with Gasteiger partial charge in [0.2, 0.25) is 0 Å². The Hall–Kier alpha value is -1.14. The highest BCUT2D eigenvalue weighted by atomic mass is 16.5. The van der Waals surface area contributed by atoms with Crippen LogP contribution in [0.15, 0.2) is 6.07 Å². The molecule has 2 rings (SSSR count). The lowest BCUT2D eigenvalue weighted by atomic mass is 9.74. The first-order valence-electron chi connectivity index (χ1n) is 11.9. The molecule has 1 aliphatic rings. The van der Waals surface area contributed by atoms with Crippen molar-refractivity contribution in [3.8, 4) is 5.75 Å². The van der Waals surface area contributed by atoms with Crippen molar-refractivity contribution in [3.05, 3.63) is 28.3 Å². The van der Waals surface area contributed by atoms with Crippen LogP contribution in [0.4, 0.5) is 0 Å². The van der Waals surface area contributed by atoms with Crippen LogP contribution in [0.25, 0.3) is 0 Å². The number of methoxy groups -OCH3 is 1. The quantitative estimate of drug-likeness (QED) is 0.441. The molecule has 178 valence electrons. The minimum Gasteiger partial charge on any atom is -0.508 e. The van der Waals surface area contributed by atoms with Crippen molar-refractivity contribution in [3.63, 3.8) is 0 Å². The number of ether oxygens (including phenoxy) is 2. The van der Waals surface area contributed by atoms with Gasteiger partial charge in [0.25, 0.3) is 0 Å². The maximum atomic E-state index is 10.7. The van der Waals surface area contributed by atoms with Gasteiger partial charge in [-0.2, -0.15) is 0 Å². The number of benzene rings is 1. The Morgan fingerprint density at radius 1 is 1.23 bits per heavy atom. The summed E-state index contributed by atoms with van der Waals surface area (Å²) in [5.41, 5.74) is 4.35. The number of phenolic OH excluding ortho intramolecular Hbond substituents is 1. The molecule has 0 amide bonds. The van der Waals surface area contributed by atoms with Crippen LogP contribution in [-0.4, -0.2) is 53.5 Å². The number of hydrogen-bond donors (Lipinski definition) is 3.